The third-order valence-corrected chi connectivity index (χ3v) is 4.06. The number of hydrogen-bond acceptors (Lipinski definition) is 3. The molecular formula is C15H23NO2. The van der Waals surface area contributed by atoms with Crippen LogP contribution in [0.1, 0.15) is 51.1 Å². The van der Waals surface area contributed by atoms with Gasteiger partial charge in [-0.1, -0.05) is 25.8 Å². The smallest absolute Gasteiger partial charge is 0.124 e. The van der Waals surface area contributed by atoms with Crippen LogP contribution in [0.2, 0.25) is 0 Å². The highest BCUT2D eigenvalue weighted by Crippen LogP contribution is 2.30. The molecule has 3 unspecified atom stereocenters. The van der Waals surface area contributed by atoms with Crippen molar-refractivity contribution >= 4 is 0 Å². The maximum absolute atomic E-state index is 9.86. The van der Waals surface area contributed by atoms with Crippen LogP contribution in [0.15, 0.2) is 18.2 Å². The molecule has 18 heavy (non-hydrogen) atoms. The lowest BCUT2D eigenvalue weighted by Crippen LogP contribution is -2.38. The molecule has 1 fully saturated rings. The summed E-state index contributed by atoms with van der Waals surface area (Å²) >= 11 is 0. The molecule has 0 aromatic heterocycles. The molecular weight excluding hydrogens is 226 g/mol. The van der Waals surface area contributed by atoms with Crippen molar-refractivity contribution in [2.75, 3.05) is 0 Å². The molecule has 3 atom stereocenters. The van der Waals surface area contributed by atoms with Gasteiger partial charge in [0.1, 0.15) is 11.5 Å². The van der Waals surface area contributed by atoms with E-state index in [0.29, 0.717) is 12.0 Å². The molecule has 2 rings (SSSR count). The van der Waals surface area contributed by atoms with Crippen molar-refractivity contribution in [1.82, 2.24) is 5.32 Å². The number of aromatic hydroxyl groups is 2. The predicted molar refractivity (Wildman–Crippen MR) is 72.7 cm³/mol. The number of hydrogen-bond donors (Lipinski definition) is 3. The van der Waals surface area contributed by atoms with Gasteiger partial charge >= 0.3 is 0 Å². The third kappa shape index (κ3) is 2.96. The second-order valence-electron chi connectivity index (χ2n) is 5.50. The van der Waals surface area contributed by atoms with E-state index in [2.05, 4.69) is 19.2 Å². The molecule has 0 heterocycles. The van der Waals surface area contributed by atoms with Crippen LogP contribution in [0, 0.1) is 5.92 Å². The van der Waals surface area contributed by atoms with E-state index >= 15 is 0 Å². The molecule has 0 aliphatic heterocycles. The Kier molecular flexibility index (Phi) is 4.12. The monoisotopic (exact) mass is 249 g/mol. The summed E-state index contributed by atoms with van der Waals surface area (Å²) in [5, 5.41) is 22.8. The van der Waals surface area contributed by atoms with Gasteiger partial charge in [-0.25, -0.2) is 0 Å². The first-order valence-electron chi connectivity index (χ1n) is 6.86. The Bertz CT molecular complexity index is 405. The molecule has 0 bridgehead atoms. The van der Waals surface area contributed by atoms with Gasteiger partial charge in [-0.15, -0.1) is 0 Å². The van der Waals surface area contributed by atoms with Crippen molar-refractivity contribution in [2.45, 2.75) is 51.6 Å². The van der Waals surface area contributed by atoms with Crippen molar-refractivity contribution in [1.29, 1.82) is 0 Å². The SMILES string of the molecule is CC(NC1CCCCC1C)c1ccc(O)cc1O. The fourth-order valence-corrected chi connectivity index (χ4v) is 2.87. The van der Waals surface area contributed by atoms with E-state index in [9.17, 15) is 10.2 Å². The number of nitrogens with one attached hydrogen (secondary N) is 1. The summed E-state index contributed by atoms with van der Waals surface area (Å²) < 4.78 is 0. The van der Waals surface area contributed by atoms with Crippen molar-refractivity contribution in [3.8, 4) is 11.5 Å². The predicted octanol–water partition coefficient (Wildman–Crippen LogP) is 3.33. The Morgan fingerprint density at radius 1 is 1.22 bits per heavy atom. The summed E-state index contributed by atoms with van der Waals surface area (Å²) in [5.41, 5.74) is 0.852. The zero-order valence-corrected chi connectivity index (χ0v) is 11.2. The van der Waals surface area contributed by atoms with Gasteiger partial charge in [0.05, 0.1) is 0 Å². The van der Waals surface area contributed by atoms with Crippen LogP contribution in [-0.2, 0) is 0 Å². The van der Waals surface area contributed by atoms with Gasteiger partial charge in [0, 0.05) is 23.7 Å². The lowest BCUT2D eigenvalue weighted by molar-refractivity contribution is 0.262. The molecule has 1 aliphatic carbocycles. The normalized spacial score (nSPS) is 25.9. The van der Waals surface area contributed by atoms with Crippen LogP contribution in [-0.4, -0.2) is 16.3 Å². The summed E-state index contributed by atoms with van der Waals surface area (Å²) in [4.78, 5) is 0. The largest absolute Gasteiger partial charge is 0.508 e. The topological polar surface area (TPSA) is 52.5 Å². The zero-order valence-electron chi connectivity index (χ0n) is 11.2. The van der Waals surface area contributed by atoms with E-state index in [1.807, 2.05) is 0 Å². The molecule has 3 nitrogen and oxygen atoms in total. The lowest BCUT2D eigenvalue weighted by Gasteiger charge is -2.32. The van der Waals surface area contributed by atoms with Gasteiger partial charge in [-0.2, -0.15) is 0 Å². The minimum absolute atomic E-state index is 0.106. The quantitative estimate of drug-likeness (QED) is 0.770. The molecule has 0 saturated heterocycles. The molecule has 100 valence electrons. The Morgan fingerprint density at radius 3 is 2.61 bits per heavy atom. The maximum atomic E-state index is 9.86. The average molecular weight is 249 g/mol. The van der Waals surface area contributed by atoms with Crippen molar-refractivity contribution in [3.05, 3.63) is 23.8 Å². The molecule has 3 N–H and O–H groups in total. The fraction of sp³-hybridized carbons (Fsp3) is 0.600. The second kappa shape index (κ2) is 5.61. The van der Waals surface area contributed by atoms with Crippen molar-refractivity contribution < 1.29 is 10.2 Å². The molecule has 1 aromatic rings. The van der Waals surface area contributed by atoms with E-state index in [-0.39, 0.29) is 17.5 Å². The number of phenolic OH excluding ortho intramolecular Hbond substituents is 2. The van der Waals surface area contributed by atoms with Gasteiger partial charge in [-0.05, 0) is 31.7 Å². The van der Waals surface area contributed by atoms with Crippen LogP contribution in [0.25, 0.3) is 0 Å². The number of benzene rings is 1. The fourth-order valence-electron chi connectivity index (χ4n) is 2.87. The van der Waals surface area contributed by atoms with Crippen LogP contribution >= 0.6 is 0 Å². The van der Waals surface area contributed by atoms with Gasteiger partial charge in [0.15, 0.2) is 0 Å². The minimum Gasteiger partial charge on any atom is -0.508 e. The first kappa shape index (κ1) is 13.2. The van der Waals surface area contributed by atoms with Crippen molar-refractivity contribution in [2.24, 2.45) is 5.92 Å². The number of rotatable bonds is 3. The Hall–Kier alpha value is -1.22. The molecule has 1 aromatic carbocycles. The molecule has 0 spiro atoms. The summed E-state index contributed by atoms with van der Waals surface area (Å²) in [7, 11) is 0. The van der Waals surface area contributed by atoms with E-state index in [0.717, 1.165) is 5.56 Å². The Labute approximate surface area is 109 Å². The highest BCUT2D eigenvalue weighted by molar-refractivity contribution is 5.40. The van der Waals surface area contributed by atoms with E-state index in [1.54, 1.807) is 12.1 Å². The molecule has 1 saturated carbocycles. The highest BCUT2D eigenvalue weighted by atomic mass is 16.3. The first-order valence-corrected chi connectivity index (χ1v) is 6.86. The average Bonchev–Trinajstić information content (AvgIpc) is 2.32. The molecule has 3 heteroatoms. The van der Waals surface area contributed by atoms with Crippen LogP contribution < -0.4 is 5.32 Å². The van der Waals surface area contributed by atoms with Gasteiger partial charge in [0.2, 0.25) is 0 Å². The van der Waals surface area contributed by atoms with Crippen LogP contribution in [0.3, 0.4) is 0 Å². The maximum Gasteiger partial charge on any atom is 0.124 e. The lowest BCUT2D eigenvalue weighted by atomic mass is 9.85. The number of phenols is 2. The standard InChI is InChI=1S/C15H23NO2/c1-10-5-3-4-6-14(10)16-11(2)13-8-7-12(17)9-15(13)18/h7-11,14,16-18H,3-6H2,1-2H3. The summed E-state index contributed by atoms with van der Waals surface area (Å²) in [6.45, 7) is 4.35. The Balaban J connectivity index is 2.04. The summed E-state index contributed by atoms with van der Waals surface area (Å²) in [6, 6.07) is 5.45. The first-order chi connectivity index (χ1) is 8.58. The van der Waals surface area contributed by atoms with Gasteiger partial charge < -0.3 is 15.5 Å². The molecule has 0 radical (unpaired) electrons. The summed E-state index contributed by atoms with van der Waals surface area (Å²) in [6.07, 6.45) is 5.12. The van der Waals surface area contributed by atoms with Crippen LogP contribution in [0.5, 0.6) is 11.5 Å². The van der Waals surface area contributed by atoms with Crippen molar-refractivity contribution in [3.63, 3.8) is 0 Å². The van der Waals surface area contributed by atoms with Gasteiger partial charge in [-0.3, -0.25) is 0 Å². The van der Waals surface area contributed by atoms with Crippen LogP contribution in [0.4, 0.5) is 0 Å². The second-order valence-corrected chi connectivity index (χ2v) is 5.50. The Morgan fingerprint density at radius 2 is 1.94 bits per heavy atom. The minimum atomic E-state index is 0.106. The third-order valence-electron chi connectivity index (χ3n) is 4.06. The zero-order chi connectivity index (χ0) is 13.1. The van der Waals surface area contributed by atoms with E-state index < -0.39 is 0 Å². The van der Waals surface area contributed by atoms with E-state index in [4.69, 9.17) is 0 Å². The van der Waals surface area contributed by atoms with Gasteiger partial charge in [0.25, 0.3) is 0 Å². The molecule has 0 amide bonds. The molecule has 1 aliphatic rings. The highest BCUT2D eigenvalue weighted by Gasteiger charge is 2.23. The summed E-state index contributed by atoms with van der Waals surface area (Å²) in [5.74, 6) is 0.966. The van der Waals surface area contributed by atoms with E-state index in [1.165, 1.54) is 31.7 Å².